The molecule has 1 aromatic rings. The zero-order valence-corrected chi connectivity index (χ0v) is 13.7. The van der Waals surface area contributed by atoms with E-state index in [2.05, 4.69) is 27.3 Å². The number of hydrogen-bond acceptors (Lipinski definition) is 2. The van der Waals surface area contributed by atoms with Crippen molar-refractivity contribution >= 4 is 5.96 Å². The Morgan fingerprint density at radius 1 is 1.35 bits per heavy atom. The third-order valence-corrected chi connectivity index (χ3v) is 4.60. The third kappa shape index (κ3) is 5.08. The lowest BCUT2D eigenvalue weighted by atomic mass is 9.67. The van der Waals surface area contributed by atoms with E-state index in [0.29, 0.717) is 12.0 Å². The molecule has 0 heterocycles. The van der Waals surface area contributed by atoms with Crippen molar-refractivity contribution in [3.05, 3.63) is 29.8 Å². The van der Waals surface area contributed by atoms with Crippen LogP contribution in [0.25, 0.3) is 0 Å². The summed E-state index contributed by atoms with van der Waals surface area (Å²) in [5, 5.41) is 6.57. The highest BCUT2D eigenvalue weighted by atomic mass is 19.3. The fourth-order valence-corrected chi connectivity index (χ4v) is 2.84. The van der Waals surface area contributed by atoms with Gasteiger partial charge < -0.3 is 15.4 Å². The van der Waals surface area contributed by atoms with Crippen molar-refractivity contribution < 1.29 is 13.5 Å². The van der Waals surface area contributed by atoms with Crippen LogP contribution in [0.4, 0.5) is 8.78 Å². The molecule has 0 unspecified atom stereocenters. The Labute approximate surface area is 136 Å². The Balaban J connectivity index is 1.83. The smallest absolute Gasteiger partial charge is 0.387 e. The average molecular weight is 325 g/mol. The van der Waals surface area contributed by atoms with E-state index in [1.807, 2.05) is 6.07 Å². The summed E-state index contributed by atoms with van der Waals surface area (Å²) in [6.07, 6.45) is 5.00. The maximum absolute atomic E-state index is 12.2. The van der Waals surface area contributed by atoms with E-state index in [0.717, 1.165) is 18.1 Å². The lowest BCUT2D eigenvalue weighted by molar-refractivity contribution is -0.0498. The van der Waals surface area contributed by atoms with Crippen molar-refractivity contribution in [2.45, 2.75) is 45.8 Å². The van der Waals surface area contributed by atoms with Gasteiger partial charge >= 0.3 is 6.61 Å². The molecule has 0 aromatic heterocycles. The zero-order chi connectivity index (χ0) is 16.7. The first-order chi connectivity index (χ1) is 11.1. The molecule has 0 spiro atoms. The number of guanidine groups is 1. The van der Waals surface area contributed by atoms with Crippen LogP contribution in [0.15, 0.2) is 29.3 Å². The highest BCUT2D eigenvalue weighted by Gasteiger charge is 2.34. The minimum Gasteiger partial charge on any atom is -0.435 e. The summed E-state index contributed by atoms with van der Waals surface area (Å²) in [6.45, 7) is 0.836. The van der Waals surface area contributed by atoms with Crippen LogP contribution in [0.1, 0.15) is 38.2 Å². The summed E-state index contributed by atoms with van der Waals surface area (Å²) in [4.78, 5) is 4.21. The molecular formula is C17H25F2N3O. The molecule has 1 saturated carbocycles. The first kappa shape index (κ1) is 17.5. The fraction of sp³-hybridized carbons (Fsp3) is 0.588. The monoisotopic (exact) mass is 325 g/mol. The first-order valence-electron chi connectivity index (χ1n) is 8.05. The Morgan fingerprint density at radius 3 is 2.70 bits per heavy atom. The highest BCUT2D eigenvalue weighted by Crippen LogP contribution is 2.42. The standard InChI is InChI=1S/C17H25F2N3O/c1-3-17(8-5-9-17)12-22-16(20-2)21-11-13-6-4-7-14(10-13)23-15(18)19/h4,6-7,10,15H,3,5,8-9,11-12H2,1-2H3,(H2,20,21,22). The molecule has 0 amide bonds. The predicted octanol–water partition coefficient (Wildman–Crippen LogP) is 3.53. The van der Waals surface area contributed by atoms with Gasteiger partial charge in [0.1, 0.15) is 5.75 Å². The van der Waals surface area contributed by atoms with Crippen LogP contribution in [0, 0.1) is 5.41 Å². The van der Waals surface area contributed by atoms with E-state index in [4.69, 9.17) is 0 Å². The molecule has 1 aromatic carbocycles. The molecule has 0 bridgehead atoms. The van der Waals surface area contributed by atoms with E-state index >= 15 is 0 Å². The van der Waals surface area contributed by atoms with Gasteiger partial charge in [0, 0.05) is 20.1 Å². The quantitative estimate of drug-likeness (QED) is 0.595. The molecule has 2 N–H and O–H groups in total. The van der Waals surface area contributed by atoms with Crippen LogP contribution in [0.5, 0.6) is 5.75 Å². The number of hydrogen-bond donors (Lipinski definition) is 2. The molecule has 6 heteroatoms. The van der Waals surface area contributed by atoms with Gasteiger partial charge in [-0.2, -0.15) is 8.78 Å². The van der Waals surface area contributed by atoms with Crippen LogP contribution in [-0.4, -0.2) is 26.2 Å². The van der Waals surface area contributed by atoms with E-state index in [1.165, 1.54) is 31.7 Å². The molecule has 4 nitrogen and oxygen atoms in total. The molecule has 2 rings (SSSR count). The number of rotatable bonds is 7. The average Bonchev–Trinajstić information content (AvgIpc) is 2.49. The Bertz CT molecular complexity index is 525. The zero-order valence-electron chi connectivity index (χ0n) is 13.7. The van der Waals surface area contributed by atoms with Gasteiger partial charge in [-0.1, -0.05) is 25.5 Å². The van der Waals surface area contributed by atoms with E-state index in [9.17, 15) is 8.78 Å². The number of ether oxygens (including phenoxy) is 1. The summed E-state index contributed by atoms with van der Waals surface area (Å²) in [7, 11) is 1.73. The van der Waals surface area contributed by atoms with Crippen molar-refractivity contribution in [1.29, 1.82) is 0 Å². The number of nitrogens with one attached hydrogen (secondary N) is 2. The molecule has 1 aliphatic rings. The maximum Gasteiger partial charge on any atom is 0.387 e. The molecule has 128 valence electrons. The second kappa shape index (κ2) is 8.13. The summed E-state index contributed by atoms with van der Waals surface area (Å²) < 4.78 is 28.9. The number of halogens is 2. The molecule has 1 fully saturated rings. The summed E-state index contributed by atoms with van der Waals surface area (Å²) in [5.41, 5.74) is 1.27. The van der Waals surface area contributed by atoms with Gasteiger partial charge in [0.15, 0.2) is 5.96 Å². The van der Waals surface area contributed by atoms with Crippen LogP contribution in [0.3, 0.4) is 0 Å². The summed E-state index contributed by atoms with van der Waals surface area (Å²) >= 11 is 0. The molecule has 1 aliphatic carbocycles. The summed E-state index contributed by atoms with van der Waals surface area (Å²) in [6, 6.07) is 6.68. The van der Waals surface area contributed by atoms with Crippen LogP contribution < -0.4 is 15.4 Å². The van der Waals surface area contributed by atoms with E-state index in [-0.39, 0.29) is 5.75 Å². The van der Waals surface area contributed by atoms with Crippen molar-refractivity contribution in [3.8, 4) is 5.75 Å². The van der Waals surface area contributed by atoms with Gasteiger partial charge in [-0.25, -0.2) is 0 Å². The normalized spacial score (nSPS) is 16.8. The van der Waals surface area contributed by atoms with Crippen LogP contribution in [0.2, 0.25) is 0 Å². The molecule has 23 heavy (non-hydrogen) atoms. The largest absolute Gasteiger partial charge is 0.435 e. The molecular weight excluding hydrogens is 300 g/mol. The van der Waals surface area contributed by atoms with Gasteiger partial charge in [0.05, 0.1) is 0 Å². The summed E-state index contributed by atoms with van der Waals surface area (Å²) in [5.74, 6) is 0.895. The Kier molecular flexibility index (Phi) is 6.19. The molecule has 0 aliphatic heterocycles. The Morgan fingerprint density at radius 2 is 2.13 bits per heavy atom. The second-order valence-corrected chi connectivity index (χ2v) is 6.01. The number of aliphatic imine (C=N–C) groups is 1. The van der Waals surface area contributed by atoms with Gasteiger partial charge in [0.2, 0.25) is 0 Å². The number of alkyl halides is 2. The van der Waals surface area contributed by atoms with Gasteiger partial charge in [-0.15, -0.1) is 0 Å². The van der Waals surface area contributed by atoms with Crippen molar-refractivity contribution in [2.75, 3.05) is 13.6 Å². The maximum atomic E-state index is 12.2. The first-order valence-corrected chi connectivity index (χ1v) is 8.05. The highest BCUT2D eigenvalue weighted by molar-refractivity contribution is 5.79. The van der Waals surface area contributed by atoms with Crippen LogP contribution >= 0.6 is 0 Å². The Hall–Kier alpha value is -1.85. The third-order valence-electron chi connectivity index (χ3n) is 4.60. The van der Waals surface area contributed by atoms with Crippen LogP contribution in [-0.2, 0) is 6.54 Å². The number of benzene rings is 1. The molecule has 0 atom stereocenters. The lowest BCUT2D eigenvalue weighted by Crippen LogP contribution is -2.46. The van der Waals surface area contributed by atoms with E-state index < -0.39 is 6.61 Å². The minimum absolute atomic E-state index is 0.168. The van der Waals surface area contributed by atoms with Crippen molar-refractivity contribution in [1.82, 2.24) is 10.6 Å². The van der Waals surface area contributed by atoms with Crippen molar-refractivity contribution in [3.63, 3.8) is 0 Å². The predicted molar refractivity (Wildman–Crippen MR) is 87.9 cm³/mol. The molecule has 0 radical (unpaired) electrons. The second-order valence-electron chi connectivity index (χ2n) is 6.01. The fourth-order valence-electron chi connectivity index (χ4n) is 2.84. The minimum atomic E-state index is -2.81. The topological polar surface area (TPSA) is 45.7 Å². The SMILES string of the molecule is CCC1(CNC(=NC)NCc2cccc(OC(F)F)c2)CCC1. The van der Waals surface area contributed by atoms with E-state index in [1.54, 1.807) is 19.2 Å². The van der Waals surface area contributed by atoms with Gasteiger partial charge in [0.25, 0.3) is 0 Å². The van der Waals surface area contributed by atoms with Crippen molar-refractivity contribution in [2.24, 2.45) is 10.4 Å². The van der Waals surface area contributed by atoms with Gasteiger partial charge in [-0.3, -0.25) is 4.99 Å². The lowest BCUT2D eigenvalue weighted by Gasteiger charge is -2.41. The van der Waals surface area contributed by atoms with Gasteiger partial charge in [-0.05, 0) is 42.4 Å². The molecule has 0 saturated heterocycles. The number of nitrogens with zero attached hydrogens (tertiary/aromatic N) is 1.